The summed E-state index contributed by atoms with van der Waals surface area (Å²) in [7, 11) is 0. The lowest BCUT2D eigenvalue weighted by Crippen LogP contribution is -2.53. The number of carbonyl (C=O) groups is 2. The Labute approximate surface area is 134 Å². The zero-order chi connectivity index (χ0) is 16.9. The van der Waals surface area contributed by atoms with Crippen LogP contribution in [0.2, 0.25) is 0 Å². The van der Waals surface area contributed by atoms with Crippen LogP contribution in [-0.2, 0) is 11.3 Å². The van der Waals surface area contributed by atoms with E-state index in [0.717, 1.165) is 10.5 Å². The average Bonchev–Trinajstić information content (AvgIpc) is 2.65. The Morgan fingerprint density at radius 2 is 2.13 bits per heavy atom. The number of carbonyl (C=O) groups excluding carboxylic acids is 1. The number of nitrogens with one attached hydrogen (secondary N) is 1. The molecular weight excluding hydrogens is 303 g/mol. The lowest BCUT2D eigenvalue weighted by molar-refractivity contribution is 0.0869. The van der Waals surface area contributed by atoms with Crippen LogP contribution in [-0.4, -0.2) is 47.0 Å². The zero-order valence-corrected chi connectivity index (χ0v) is 13.0. The third-order valence-electron chi connectivity index (χ3n) is 4.00. The largest absolute Gasteiger partial charge is 0.465 e. The van der Waals surface area contributed by atoms with E-state index in [4.69, 9.17) is 9.84 Å². The molecule has 2 rings (SSSR count). The van der Waals surface area contributed by atoms with E-state index in [0.29, 0.717) is 6.42 Å². The molecule has 0 unspecified atom stereocenters. The van der Waals surface area contributed by atoms with E-state index in [2.05, 4.69) is 5.32 Å². The van der Waals surface area contributed by atoms with E-state index in [1.54, 1.807) is 0 Å². The van der Waals surface area contributed by atoms with Gasteiger partial charge in [-0.1, -0.05) is 30.3 Å². The summed E-state index contributed by atoms with van der Waals surface area (Å²) in [5, 5.41) is 11.6. The second-order valence-electron chi connectivity index (χ2n) is 5.87. The molecule has 1 aliphatic rings. The van der Waals surface area contributed by atoms with E-state index in [1.165, 1.54) is 6.92 Å². The normalized spacial score (nSPS) is 24.6. The van der Waals surface area contributed by atoms with Gasteiger partial charge in [0.2, 0.25) is 0 Å². The Bertz CT molecular complexity index is 550. The van der Waals surface area contributed by atoms with Gasteiger partial charge >= 0.3 is 12.2 Å². The highest BCUT2D eigenvalue weighted by Crippen LogP contribution is 2.26. The van der Waals surface area contributed by atoms with Gasteiger partial charge < -0.3 is 20.1 Å². The van der Waals surface area contributed by atoms with Crippen molar-refractivity contribution in [1.82, 2.24) is 10.2 Å². The van der Waals surface area contributed by atoms with Gasteiger partial charge in [0, 0.05) is 13.1 Å². The van der Waals surface area contributed by atoms with Crippen LogP contribution in [0.4, 0.5) is 14.0 Å². The van der Waals surface area contributed by atoms with Crippen molar-refractivity contribution in [2.45, 2.75) is 38.1 Å². The molecule has 1 aromatic rings. The first-order valence-corrected chi connectivity index (χ1v) is 7.52. The van der Waals surface area contributed by atoms with Crippen LogP contribution in [0, 0.1) is 0 Å². The number of amides is 2. The summed E-state index contributed by atoms with van der Waals surface area (Å²) in [5.41, 5.74) is -0.866. The summed E-state index contributed by atoms with van der Waals surface area (Å²) in [4.78, 5) is 24.1. The van der Waals surface area contributed by atoms with Crippen LogP contribution in [0.15, 0.2) is 30.3 Å². The van der Waals surface area contributed by atoms with Crippen LogP contribution in [0.25, 0.3) is 0 Å². The highest BCUT2D eigenvalue weighted by molar-refractivity contribution is 5.68. The molecule has 0 aromatic heterocycles. The van der Waals surface area contributed by atoms with Crippen LogP contribution < -0.4 is 5.32 Å². The van der Waals surface area contributed by atoms with Crippen molar-refractivity contribution in [3.63, 3.8) is 0 Å². The molecule has 0 aliphatic carbocycles. The third-order valence-corrected chi connectivity index (χ3v) is 4.00. The number of ether oxygens (including phenoxy) is 1. The van der Waals surface area contributed by atoms with E-state index in [9.17, 15) is 14.0 Å². The molecule has 1 heterocycles. The number of benzene rings is 1. The highest BCUT2D eigenvalue weighted by Gasteiger charge is 2.40. The van der Waals surface area contributed by atoms with Crippen molar-refractivity contribution >= 4 is 12.2 Å². The van der Waals surface area contributed by atoms with E-state index < -0.39 is 23.9 Å². The van der Waals surface area contributed by atoms with Gasteiger partial charge in [-0.15, -0.1) is 0 Å². The van der Waals surface area contributed by atoms with Crippen LogP contribution >= 0.6 is 0 Å². The Kier molecular flexibility index (Phi) is 5.41. The number of hydrogen-bond acceptors (Lipinski definition) is 3. The van der Waals surface area contributed by atoms with Gasteiger partial charge in [0.15, 0.2) is 0 Å². The van der Waals surface area contributed by atoms with Crippen LogP contribution in [0.5, 0.6) is 0 Å². The van der Waals surface area contributed by atoms with Crippen molar-refractivity contribution in [1.29, 1.82) is 0 Å². The Morgan fingerprint density at radius 1 is 1.43 bits per heavy atom. The minimum atomic E-state index is -1.68. The number of halogens is 1. The fourth-order valence-electron chi connectivity index (χ4n) is 2.57. The molecule has 2 N–H and O–H groups in total. The fourth-order valence-corrected chi connectivity index (χ4v) is 2.57. The van der Waals surface area contributed by atoms with Crippen molar-refractivity contribution in [2.24, 2.45) is 0 Å². The molecule has 0 radical (unpaired) electrons. The predicted octanol–water partition coefficient (Wildman–Crippen LogP) is 2.78. The smallest absolute Gasteiger partial charge is 0.407 e. The minimum absolute atomic E-state index is 0.0744. The average molecular weight is 324 g/mol. The topological polar surface area (TPSA) is 78.9 Å². The molecule has 1 aliphatic heterocycles. The van der Waals surface area contributed by atoms with Crippen molar-refractivity contribution in [3.05, 3.63) is 35.9 Å². The standard InChI is InChI=1S/C16H21FN2O4/c1-16(17)8-5-9-19(15(21)22)10-13(16)18-14(20)23-11-12-6-3-2-4-7-12/h2-4,6-7,13H,5,8-11H2,1H3,(H,18,20)(H,21,22)/t13-,16+/m1/s1. The Balaban J connectivity index is 1.94. The first-order valence-electron chi connectivity index (χ1n) is 7.52. The van der Waals surface area contributed by atoms with Crippen molar-refractivity contribution in [2.75, 3.05) is 13.1 Å². The summed E-state index contributed by atoms with van der Waals surface area (Å²) in [5.74, 6) is 0. The number of alkyl halides is 1. The van der Waals surface area contributed by atoms with E-state index >= 15 is 0 Å². The van der Waals surface area contributed by atoms with E-state index in [1.807, 2.05) is 30.3 Å². The monoisotopic (exact) mass is 324 g/mol. The molecule has 0 bridgehead atoms. The summed E-state index contributed by atoms with van der Waals surface area (Å²) < 4.78 is 19.7. The van der Waals surface area contributed by atoms with Gasteiger partial charge in [0.25, 0.3) is 0 Å². The number of rotatable bonds is 3. The van der Waals surface area contributed by atoms with Crippen LogP contribution in [0.1, 0.15) is 25.3 Å². The molecule has 23 heavy (non-hydrogen) atoms. The molecule has 1 aromatic carbocycles. The molecule has 6 nitrogen and oxygen atoms in total. The molecular formula is C16H21FN2O4. The second kappa shape index (κ2) is 7.30. The molecule has 2 amide bonds. The van der Waals surface area contributed by atoms with Gasteiger partial charge in [0.1, 0.15) is 12.3 Å². The Morgan fingerprint density at radius 3 is 2.78 bits per heavy atom. The van der Waals surface area contributed by atoms with Crippen molar-refractivity contribution in [3.8, 4) is 0 Å². The van der Waals surface area contributed by atoms with E-state index in [-0.39, 0.29) is 26.1 Å². The predicted molar refractivity (Wildman–Crippen MR) is 81.9 cm³/mol. The van der Waals surface area contributed by atoms with Crippen molar-refractivity contribution < 1.29 is 23.8 Å². The summed E-state index contributed by atoms with van der Waals surface area (Å²) in [6.45, 7) is 1.61. The maximum absolute atomic E-state index is 14.7. The summed E-state index contributed by atoms with van der Waals surface area (Å²) in [6.07, 6.45) is -1.28. The number of carboxylic acid groups (broad SMARTS) is 1. The van der Waals surface area contributed by atoms with Gasteiger partial charge in [-0.2, -0.15) is 0 Å². The number of nitrogens with zero attached hydrogens (tertiary/aromatic N) is 1. The molecule has 1 fully saturated rings. The minimum Gasteiger partial charge on any atom is -0.465 e. The molecule has 0 saturated carbocycles. The SMILES string of the molecule is C[C@]1(F)CCCN(C(=O)O)C[C@H]1NC(=O)OCc1ccccc1. The van der Waals surface area contributed by atoms with Crippen LogP contribution in [0.3, 0.4) is 0 Å². The highest BCUT2D eigenvalue weighted by atomic mass is 19.1. The van der Waals surface area contributed by atoms with Gasteiger partial charge in [-0.25, -0.2) is 14.0 Å². The second-order valence-corrected chi connectivity index (χ2v) is 5.87. The molecule has 7 heteroatoms. The number of alkyl carbamates (subject to hydrolysis) is 1. The lowest BCUT2D eigenvalue weighted by Gasteiger charge is -2.30. The quantitative estimate of drug-likeness (QED) is 0.896. The Hall–Kier alpha value is -2.31. The zero-order valence-electron chi connectivity index (χ0n) is 13.0. The number of hydrogen-bond donors (Lipinski definition) is 2. The number of likely N-dealkylation sites (tertiary alicyclic amines) is 1. The maximum atomic E-state index is 14.7. The summed E-state index contributed by atoms with van der Waals surface area (Å²) >= 11 is 0. The third kappa shape index (κ3) is 4.84. The van der Waals surface area contributed by atoms with Gasteiger partial charge in [0.05, 0.1) is 6.04 Å². The first-order chi connectivity index (χ1) is 10.9. The first kappa shape index (κ1) is 17.1. The molecule has 126 valence electrons. The van der Waals surface area contributed by atoms with Gasteiger partial charge in [-0.05, 0) is 25.3 Å². The van der Waals surface area contributed by atoms with Gasteiger partial charge in [-0.3, -0.25) is 0 Å². The molecule has 2 atom stereocenters. The fraction of sp³-hybridized carbons (Fsp3) is 0.500. The molecule has 0 spiro atoms. The lowest BCUT2D eigenvalue weighted by atomic mass is 9.94. The molecule has 1 saturated heterocycles. The summed E-state index contributed by atoms with van der Waals surface area (Å²) in [6, 6.07) is 8.18. The maximum Gasteiger partial charge on any atom is 0.407 e.